The molecule has 32 heavy (non-hydrogen) atoms. The largest absolute Gasteiger partial charge is 0.469 e. The molecular weight excluding hydrogens is 442 g/mol. The van der Waals surface area contributed by atoms with Gasteiger partial charge in [0.15, 0.2) is 0 Å². The maximum atomic E-state index is 13.7. The van der Waals surface area contributed by atoms with Crippen LogP contribution < -0.4 is 4.90 Å². The van der Waals surface area contributed by atoms with Crippen LogP contribution in [0.4, 0.5) is 5.69 Å². The first kappa shape index (κ1) is 21.9. The van der Waals surface area contributed by atoms with Crippen molar-refractivity contribution in [2.45, 2.75) is 12.8 Å². The Bertz CT molecular complexity index is 1220. The van der Waals surface area contributed by atoms with Crippen molar-refractivity contribution in [3.05, 3.63) is 101 Å². The zero-order valence-corrected chi connectivity index (χ0v) is 19.0. The highest BCUT2D eigenvalue weighted by molar-refractivity contribution is 7.82. The number of hydrogen-bond acceptors (Lipinski definition) is 4. The number of esters is 1. The van der Waals surface area contributed by atoms with Gasteiger partial charge in [-0.25, -0.2) is 0 Å². The van der Waals surface area contributed by atoms with E-state index in [0.717, 1.165) is 16.7 Å². The highest BCUT2D eigenvalue weighted by Gasteiger charge is 2.38. The molecule has 0 spiro atoms. The summed E-state index contributed by atoms with van der Waals surface area (Å²) in [6, 6.07) is 24.2. The summed E-state index contributed by atoms with van der Waals surface area (Å²) in [6.07, 6.45) is 0.711. The molecule has 1 aliphatic rings. The number of thiocarbonyl (C=S) groups is 1. The lowest BCUT2D eigenvalue weighted by atomic mass is 9.92. The van der Waals surface area contributed by atoms with Gasteiger partial charge in [-0.3, -0.25) is 14.5 Å². The van der Waals surface area contributed by atoms with Crippen molar-refractivity contribution in [3.63, 3.8) is 0 Å². The first-order valence-electron chi connectivity index (χ1n) is 10.1. The molecule has 4 rings (SSSR count). The van der Waals surface area contributed by atoms with E-state index in [1.54, 1.807) is 17.0 Å². The van der Waals surface area contributed by atoms with E-state index in [-0.39, 0.29) is 18.3 Å². The Balaban J connectivity index is 1.88. The Morgan fingerprint density at radius 1 is 0.938 bits per heavy atom. The third kappa shape index (κ3) is 4.22. The van der Waals surface area contributed by atoms with E-state index in [2.05, 4.69) is 0 Å². The number of hydrogen-bond donors (Lipinski definition) is 0. The molecule has 0 unspecified atom stereocenters. The summed E-state index contributed by atoms with van der Waals surface area (Å²) < 4.78 is 4.80. The number of anilines is 1. The Hall–Kier alpha value is -3.28. The molecule has 0 atom stereocenters. The van der Waals surface area contributed by atoms with Crippen LogP contribution in [0.1, 0.15) is 23.1 Å². The lowest BCUT2D eigenvalue weighted by molar-refractivity contribution is -0.140. The summed E-state index contributed by atoms with van der Waals surface area (Å²) in [6.45, 7) is 0. The van der Waals surface area contributed by atoms with E-state index >= 15 is 0 Å². The second kappa shape index (κ2) is 9.47. The van der Waals surface area contributed by atoms with Crippen molar-refractivity contribution in [2.75, 3.05) is 12.0 Å². The molecule has 6 heteroatoms. The smallest absolute Gasteiger partial charge is 0.305 e. The first-order valence-corrected chi connectivity index (χ1v) is 10.9. The van der Waals surface area contributed by atoms with Gasteiger partial charge in [-0.2, -0.15) is 0 Å². The molecule has 0 radical (unpaired) electrons. The van der Waals surface area contributed by atoms with Crippen LogP contribution in [0.5, 0.6) is 0 Å². The molecule has 0 fully saturated rings. The fraction of sp³-hybridized carbons (Fsp3) is 0.115. The Morgan fingerprint density at radius 3 is 2.28 bits per heavy atom. The van der Waals surface area contributed by atoms with Gasteiger partial charge in [-0.1, -0.05) is 78.4 Å². The molecule has 160 valence electrons. The van der Waals surface area contributed by atoms with Gasteiger partial charge in [0.2, 0.25) is 0 Å². The van der Waals surface area contributed by atoms with Crippen LogP contribution in [0.3, 0.4) is 0 Å². The number of amides is 1. The second-order valence-corrected chi connectivity index (χ2v) is 8.09. The number of para-hydroxylation sites is 1. The quantitative estimate of drug-likeness (QED) is 0.347. The molecule has 3 aromatic rings. The summed E-state index contributed by atoms with van der Waals surface area (Å²) in [7, 11) is 1.37. The van der Waals surface area contributed by atoms with Crippen molar-refractivity contribution in [2.24, 2.45) is 0 Å². The molecule has 0 saturated heterocycles. The number of halogens is 1. The number of methoxy groups -OCH3 is 1. The summed E-state index contributed by atoms with van der Waals surface area (Å²) in [5.74, 6) is -0.482. The van der Waals surface area contributed by atoms with Gasteiger partial charge in [-0.15, -0.1) is 0 Å². The number of ether oxygens (including phenoxy) is 1. The molecule has 0 aliphatic carbocycles. The molecule has 0 bridgehead atoms. The molecule has 1 heterocycles. The van der Waals surface area contributed by atoms with Gasteiger partial charge in [-0.05, 0) is 47.4 Å². The molecule has 0 saturated carbocycles. The third-order valence-corrected chi connectivity index (χ3v) is 5.98. The van der Waals surface area contributed by atoms with Crippen LogP contribution in [0.15, 0.2) is 78.9 Å². The predicted molar refractivity (Wildman–Crippen MR) is 132 cm³/mol. The van der Waals surface area contributed by atoms with Crippen molar-refractivity contribution in [1.29, 1.82) is 0 Å². The van der Waals surface area contributed by atoms with Crippen molar-refractivity contribution in [1.82, 2.24) is 0 Å². The van der Waals surface area contributed by atoms with E-state index in [1.165, 1.54) is 7.11 Å². The van der Waals surface area contributed by atoms with Crippen molar-refractivity contribution < 1.29 is 14.3 Å². The van der Waals surface area contributed by atoms with Crippen molar-refractivity contribution >= 4 is 57.5 Å². The minimum Gasteiger partial charge on any atom is -0.469 e. The second-order valence-electron chi connectivity index (χ2n) is 7.27. The first-order chi connectivity index (χ1) is 15.5. The number of rotatable bonds is 6. The normalized spacial score (nSPS) is 13.6. The van der Waals surface area contributed by atoms with Crippen molar-refractivity contribution in [3.8, 4) is 0 Å². The van der Waals surface area contributed by atoms with Gasteiger partial charge >= 0.3 is 5.97 Å². The fourth-order valence-electron chi connectivity index (χ4n) is 3.80. The summed E-state index contributed by atoms with van der Waals surface area (Å²) >= 11 is 11.9. The lowest BCUT2D eigenvalue weighted by Gasteiger charge is -2.18. The summed E-state index contributed by atoms with van der Waals surface area (Å²) in [5.41, 5.74) is 4.38. The van der Waals surface area contributed by atoms with Crippen LogP contribution in [-0.2, 0) is 20.7 Å². The zero-order chi connectivity index (χ0) is 22.7. The fourth-order valence-corrected chi connectivity index (χ4v) is 4.32. The molecule has 3 aromatic carbocycles. The van der Waals surface area contributed by atoms with Gasteiger partial charge in [0.1, 0.15) is 4.99 Å². The van der Waals surface area contributed by atoms with Gasteiger partial charge in [0, 0.05) is 17.0 Å². The number of benzene rings is 3. The number of carbonyl (C=O) groups is 2. The number of carbonyl (C=O) groups excluding carboxylic acids is 2. The van der Waals surface area contributed by atoms with E-state index < -0.39 is 0 Å². The molecule has 1 aliphatic heterocycles. The highest BCUT2D eigenvalue weighted by atomic mass is 35.5. The highest BCUT2D eigenvalue weighted by Crippen LogP contribution is 2.40. The summed E-state index contributed by atoms with van der Waals surface area (Å²) in [4.78, 5) is 27.4. The molecule has 0 N–H and O–H groups in total. The molecule has 0 aromatic heterocycles. The molecule has 4 nitrogen and oxygen atoms in total. The zero-order valence-electron chi connectivity index (χ0n) is 17.4. The van der Waals surface area contributed by atoms with Gasteiger partial charge in [0.25, 0.3) is 5.91 Å². The van der Waals surface area contributed by atoms with Gasteiger partial charge in [0.05, 0.1) is 18.4 Å². The van der Waals surface area contributed by atoms with Crippen LogP contribution in [0, 0.1) is 0 Å². The minimum absolute atomic E-state index is 0.193. The predicted octanol–water partition coefficient (Wildman–Crippen LogP) is 5.73. The lowest BCUT2D eigenvalue weighted by Crippen LogP contribution is -2.30. The Labute approximate surface area is 197 Å². The van der Waals surface area contributed by atoms with E-state index in [4.69, 9.17) is 28.6 Å². The van der Waals surface area contributed by atoms with Crippen LogP contribution >= 0.6 is 23.8 Å². The standard InChI is InChI=1S/C26H20ClNO3S/c1-31-22(29)16-13-17-7-5-6-10-21(17)24-23(18-11-14-19(27)15-12-18)25(30)28(26(24)32)20-8-3-2-4-9-20/h2-12,14-15H,13,16H2,1H3. The topological polar surface area (TPSA) is 46.6 Å². The van der Waals surface area contributed by atoms with E-state index in [9.17, 15) is 9.59 Å². The maximum Gasteiger partial charge on any atom is 0.305 e. The number of nitrogens with zero attached hydrogens (tertiary/aromatic N) is 1. The minimum atomic E-state index is -0.289. The van der Waals surface area contributed by atoms with Crippen LogP contribution in [0.25, 0.3) is 11.1 Å². The molecule has 1 amide bonds. The monoisotopic (exact) mass is 461 g/mol. The average Bonchev–Trinajstić information content (AvgIpc) is 3.08. The Morgan fingerprint density at radius 2 is 1.59 bits per heavy atom. The Kier molecular flexibility index (Phi) is 6.49. The van der Waals surface area contributed by atoms with Gasteiger partial charge < -0.3 is 4.74 Å². The summed E-state index contributed by atoms with van der Waals surface area (Å²) in [5, 5.41) is 0.585. The van der Waals surface area contributed by atoms with E-state index in [0.29, 0.717) is 33.3 Å². The maximum absolute atomic E-state index is 13.7. The van der Waals surface area contributed by atoms with E-state index in [1.807, 2.05) is 66.7 Å². The SMILES string of the molecule is COC(=O)CCc1ccccc1C1=C(c2ccc(Cl)cc2)C(=O)N(c2ccccc2)C1=S. The molecular formula is C26H20ClNO3S. The van der Waals surface area contributed by atoms with Crippen LogP contribution in [-0.4, -0.2) is 24.0 Å². The number of aryl methyl sites for hydroxylation is 1. The van der Waals surface area contributed by atoms with Crippen LogP contribution in [0.2, 0.25) is 5.02 Å². The third-order valence-electron chi connectivity index (χ3n) is 5.34. The average molecular weight is 462 g/mol.